The Morgan fingerprint density at radius 2 is 2.14 bits per heavy atom. The van der Waals surface area contributed by atoms with E-state index in [0.29, 0.717) is 18.8 Å². The van der Waals surface area contributed by atoms with Crippen LogP contribution < -0.4 is 5.32 Å². The van der Waals surface area contributed by atoms with Gasteiger partial charge in [-0.05, 0) is 18.1 Å². The predicted molar refractivity (Wildman–Crippen MR) is 58.4 cm³/mol. The highest BCUT2D eigenvalue weighted by Crippen LogP contribution is 2.05. The molecule has 0 aliphatic rings. The lowest BCUT2D eigenvalue weighted by Gasteiger charge is -2.06. The van der Waals surface area contributed by atoms with Crippen molar-refractivity contribution in [2.75, 3.05) is 5.88 Å². The average molecular weight is 212 g/mol. The number of hydrogen-bond donors (Lipinski definition) is 1. The molecule has 0 bridgehead atoms. The van der Waals surface area contributed by atoms with Gasteiger partial charge in [0, 0.05) is 18.8 Å². The number of carbonyl (C=O) groups excluding carboxylic acids is 1. The van der Waals surface area contributed by atoms with Crippen molar-refractivity contribution >= 4 is 17.5 Å². The van der Waals surface area contributed by atoms with Crippen LogP contribution in [0.25, 0.3) is 0 Å². The molecule has 0 radical (unpaired) electrons. The monoisotopic (exact) mass is 211 g/mol. The van der Waals surface area contributed by atoms with Crippen molar-refractivity contribution in [3.05, 3.63) is 35.4 Å². The quantitative estimate of drug-likeness (QED) is 0.761. The number of nitrogens with one attached hydrogen (secondary N) is 1. The van der Waals surface area contributed by atoms with Crippen molar-refractivity contribution < 1.29 is 4.79 Å². The Kier molecular flexibility index (Phi) is 4.47. The lowest BCUT2D eigenvalue weighted by molar-refractivity contribution is -0.120. The number of alkyl halides is 1. The second-order valence-corrected chi connectivity index (χ2v) is 3.52. The van der Waals surface area contributed by atoms with Gasteiger partial charge in [0.2, 0.25) is 5.91 Å². The molecule has 0 unspecified atom stereocenters. The highest BCUT2D eigenvalue weighted by molar-refractivity contribution is 6.18. The Morgan fingerprint density at radius 1 is 1.43 bits per heavy atom. The summed E-state index contributed by atoms with van der Waals surface area (Å²) in [6, 6.07) is 7.99. The summed E-state index contributed by atoms with van der Waals surface area (Å²) in [5.41, 5.74) is 2.34. The zero-order valence-corrected chi connectivity index (χ0v) is 8.97. The second kappa shape index (κ2) is 5.66. The molecule has 1 N–H and O–H groups in total. The number of benzene rings is 1. The van der Waals surface area contributed by atoms with Crippen LogP contribution in [0.15, 0.2) is 24.3 Å². The van der Waals surface area contributed by atoms with Gasteiger partial charge in [-0.3, -0.25) is 4.79 Å². The van der Waals surface area contributed by atoms with Gasteiger partial charge in [-0.25, -0.2) is 0 Å². The van der Waals surface area contributed by atoms with E-state index in [4.69, 9.17) is 11.6 Å². The number of rotatable bonds is 4. The lowest BCUT2D eigenvalue weighted by atomic mass is 10.1. The number of amides is 1. The maximum atomic E-state index is 11.1. The van der Waals surface area contributed by atoms with Gasteiger partial charge in [0.15, 0.2) is 0 Å². The molecule has 2 nitrogen and oxygen atoms in total. The minimum atomic E-state index is 0.00301. The fourth-order valence-corrected chi connectivity index (χ4v) is 1.35. The minimum absolute atomic E-state index is 0.00301. The zero-order chi connectivity index (χ0) is 10.4. The molecule has 1 amide bonds. The average Bonchev–Trinajstić information content (AvgIpc) is 2.17. The van der Waals surface area contributed by atoms with Crippen molar-refractivity contribution in [1.82, 2.24) is 5.32 Å². The summed E-state index contributed by atoms with van der Waals surface area (Å²) in [5, 5.41) is 2.82. The summed E-state index contributed by atoms with van der Waals surface area (Å²) in [5.74, 6) is 0.378. The molecule has 1 aromatic rings. The van der Waals surface area contributed by atoms with Crippen LogP contribution in [0, 0.1) is 6.92 Å². The third-order valence-corrected chi connectivity index (χ3v) is 2.25. The Balaban J connectivity index is 2.46. The Labute approximate surface area is 89.3 Å². The standard InChI is InChI=1S/C11H14ClNO/c1-9-4-2-3-5-10(9)8-13-11(14)6-7-12/h2-5H,6-8H2,1H3,(H,13,14). The largest absolute Gasteiger partial charge is 0.352 e. The van der Waals surface area contributed by atoms with Crippen LogP contribution in [-0.4, -0.2) is 11.8 Å². The maximum absolute atomic E-state index is 11.1. The topological polar surface area (TPSA) is 29.1 Å². The van der Waals surface area contributed by atoms with E-state index in [1.807, 2.05) is 31.2 Å². The Hall–Kier alpha value is -1.02. The molecule has 76 valence electrons. The Morgan fingerprint density at radius 3 is 2.79 bits per heavy atom. The van der Waals surface area contributed by atoms with E-state index in [-0.39, 0.29) is 5.91 Å². The molecule has 0 atom stereocenters. The third-order valence-electron chi connectivity index (χ3n) is 2.06. The van der Waals surface area contributed by atoms with E-state index in [1.165, 1.54) is 5.56 Å². The van der Waals surface area contributed by atoms with Gasteiger partial charge in [0.25, 0.3) is 0 Å². The van der Waals surface area contributed by atoms with E-state index in [9.17, 15) is 4.79 Å². The number of aryl methyl sites for hydroxylation is 1. The molecule has 0 saturated carbocycles. The molecule has 0 saturated heterocycles. The second-order valence-electron chi connectivity index (χ2n) is 3.14. The molecule has 1 aromatic carbocycles. The molecule has 0 heterocycles. The molecule has 0 fully saturated rings. The number of halogens is 1. The van der Waals surface area contributed by atoms with Gasteiger partial charge in [0.1, 0.15) is 0 Å². The first-order valence-electron chi connectivity index (χ1n) is 4.61. The van der Waals surface area contributed by atoms with E-state index in [1.54, 1.807) is 0 Å². The molecular weight excluding hydrogens is 198 g/mol. The van der Waals surface area contributed by atoms with E-state index < -0.39 is 0 Å². The van der Waals surface area contributed by atoms with Gasteiger partial charge < -0.3 is 5.32 Å². The fraction of sp³-hybridized carbons (Fsp3) is 0.364. The summed E-state index contributed by atoms with van der Waals surface area (Å²) in [6.45, 7) is 2.62. The fourth-order valence-electron chi connectivity index (χ4n) is 1.18. The van der Waals surface area contributed by atoms with E-state index in [2.05, 4.69) is 5.32 Å². The number of carbonyl (C=O) groups is 1. The van der Waals surface area contributed by atoms with Crippen LogP contribution in [0.2, 0.25) is 0 Å². The van der Waals surface area contributed by atoms with Crippen molar-refractivity contribution in [1.29, 1.82) is 0 Å². The summed E-state index contributed by atoms with van der Waals surface area (Å²) < 4.78 is 0. The SMILES string of the molecule is Cc1ccccc1CNC(=O)CCCl. The molecule has 0 spiro atoms. The van der Waals surface area contributed by atoms with Gasteiger partial charge in [-0.1, -0.05) is 24.3 Å². The predicted octanol–water partition coefficient (Wildman–Crippen LogP) is 2.24. The van der Waals surface area contributed by atoms with Crippen molar-refractivity contribution in [3.63, 3.8) is 0 Å². The summed E-state index contributed by atoms with van der Waals surface area (Å²) >= 11 is 5.45. The molecular formula is C11H14ClNO. The van der Waals surface area contributed by atoms with Crippen molar-refractivity contribution in [2.45, 2.75) is 19.9 Å². The van der Waals surface area contributed by atoms with Crippen LogP contribution in [0.4, 0.5) is 0 Å². The Bertz CT molecular complexity index is 312. The van der Waals surface area contributed by atoms with E-state index >= 15 is 0 Å². The summed E-state index contributed by atoms with van der Waals surface area (Å²) in [4.78, 5) is 11.1. The highest BCUT2D eigenvalue weighted by Gasteiger charge is 2.00. The van der Waals surface area contributed by atoms with Gasteiger partial charge in [-0.2, -0.15) is 0 Å². The number of hydrogen-bond acceptors (Lipinski definition) is 1. The molecule has 0 aromatic heterocycles. The highest BCUT2D eigenvalue weighted by atomic mass is 35.5. The molecule has 0 aliphatic heterocycles. The molecule has 3 heteroatoms. The van der Waals surface area contributed by atoms with E-state index in [0.717, 1.165) is 5.56 Å². The normalized spacial score (nSPS) is 9.86. The molecule has 1 rings (SSSR count). The first kappa shape index (κ1) is 11.1. The minimum Gasteiger partial charge on any atom is -0.352 e. The van der Waals surface area contributed by atoms with Gasteiger partial charge in [-0.15, -0.1) is 11.6 Å². The van der Waals surface area contributed by atoms with Crippen LogP contribution in [0.5, 0.6) is 0 Å². The first-order valence-corrected chi connectivity index (χ1v) is 5.14. The van der Waals surface area contributed by atoms with Crippen LogP contribution in [0.3, 0.4) is 0 Å². The van der Waals surface area contributed by atoms with Gasteiger partial charge >= 0.3 is 0 Å². The summed E-state index contributed by atoms with van der Waals surface area (Å²) in [6.07, 6.45) is 0.382. The lowest BCUT2D eigenvalue weighted by Crippen LogP contribution is -2.23. The van der Waals surface area contributed by atoms with Crippen LogP contribution >= 0.6 is 11.6 Å². The third kappa shape index (κ3) is 3.38. The maximum Gasteiger partial charge on any atom is 0.221 e. The van der Waals surface area contributed by atoms with Crippen LogP contribution in [0.1, 0.15) is 17.5 Å². The first-order chi connectivity index (χ1) is 6.74. The van der Waals surface area contributed by atoms with Crippen molar-refractivity contribution in [2.24, 2.45) is 0 Å². The van der Waals surface area contributed by atoms with Crippen molar-refractivity contribution in [3.8, 4) is 0 Å². The molecule has 0 aliphatic carbocycles. The van der Waals surface area contributed by atoms with Crippen LogP contribution in [-0.2, 0) is 11.3 Å². The zero-order valence-electron chi connectivity index (χ0n) is 8.22. The molecule has 14 heavy (non-hydrogen) atoms. The smallest absolute Gasteiger partial charge is 0.221 e. The summed E-state index contributed by atoms with van der Waals surface area (Å²) in [7, 11) is 0. The van der Waals surface area contributed by atoms with Gasteiger partial charge in [0.05, 0.1) is 0 Å².